The molecular weight excluding hydrogens is 169 g/mol. The minimum absolute atomic E-state index is 0. The van der Waals surface area contributed by atoms with Crippen LogP contribution in [0.3, 0.4) is 0 Å². The van der Waals surface area contributed by atoms with Gasteiger partial charge in [0.15, 0.2) is 5.75 Å². The fraction of sp³-hybridized carbons (Fsp3) is 0.143. The van der Waals surface area contributed by atoms with Crippen LogP contribution in [0.4, 0.5) is 0 Å². The number of hydroxylamine groups is 1. The molecule has 0 N–H and O–H groups in total. The molecule has 0 heterocycles. The molecule has 0 saturated carbocycles. The van der Waals surface area contributed by atoms with Crippen LogP contribution in [0.1, 0.15) is 0 Å². The number of benzene rings is 1. The van der Waals surface area contributed by atoms with Gasteiger partial charge in [-0.25, -0.2) is 0 Å². The van der Waals surface area contributed by atoms with Crippen LogP contribution in [0, 0.1) is 0 Å². The summed E-state index contributed by atoms with van der Waals surface area (Å²) in [6.07, 6.45) is 0. The van der Waals surface area contributed by atoms with Crippen LogP contribution in [0.15, 0.2) is 30.3 Å². The molecule has 0 radical (unpaired) electrons. The summed E-state index contributed by atoms with van der Waals surface area (Å²) in [5.41, 5.74) is 3.31. The van der Waals surface area contributed by atoms with Gasteiger partial charge in [0.25, 0.3) is 0 Å². The molecule has 0 bridgehead atoms. The second kappa shape index (κ2) is 7.24. The van der Waals surface area contributed by atoms with Gasteiger partial charge in [0.05, 0.1) is 0 Å². The molecule has 1 aromatic rings. The van der Waals surface area contributed by atoms with Gasteiger partial charge < -0.3 is 10.4 Å². The van der Waals surface area contributed by atoms with E-state index in [1.165, 1.54) is 7.05 Å². The zero-order valence-corrected chi connectivity index (χ0v) is 9.77. The van der Waals surface area contributed by atoms with E-state index in [0.29, 0.717) is 5.75 Å². The Morgan fingerprint density at radius 2 is 1.82 bits per heavy atom. The van der Waals surface area contributed by atoms with E-state index in [2.05, 4.69) is 15.4 Å². The molecule has 0 aliphatic carbocycles. The van der Waals surface area contributed by atoms with Crippen LogP contribution < -0.4 is 56.3 Å². The third-order valence-electron chi connectivity index (χ3n) is 0.951. The predicted molar refractivity (Wildman–Crippen MR) is 37.4 cm³/mol. The van der Waals surface area contributed by atoms with E-state index in [4.69, 9.17) is 0 Å². The van der Waals surface area contributed by atoms with Crippen molar-refractivity contribution in [2.75, 3.05) is 7.05 Å². The zero-order valence-electron chi connectivity index (χ0n) is 6.65. The first-order valence-corrected chi connectivity index (χ1v) is 2.91. The molecular formula is C7H8KNO2. The van der Waals surface area contributed by atoms with Gasteiger partial charge in [-0.1, -0.05) is 18.2 Å². The normalized spacial score (nSPS) is 8.45. The van der Waals surface area contributed by atoms with Crippen LogP contribution in [0.2, 0.25) is 0 Å². The molecule has 0 amide bonds. The van der Waals surface area contributed by atoms with Crippen LogP contribution in [0.5, 0.6) is 5.75 Å². The SMILES string of the molecule is C[N-]OOc1ccccc1.[K+]. The number of hydrogen-bond acceptors (Lipinski definition) is 2. The Hall–Kier alpha value is 0.576. The standard InChI is InChI=1S/C7H8NO2.K/c1-8-10-9-7-5-3-2-4-6-7;/h2-6H,1H3;/q-1;+1. The van der Waals surface area contributed by atoms with Crippen molar-refractivity contribution in [3.63, 3.8) is 0 Å². The van der Waals surface area contributed by atoms with Crippen molar-refractivity contribution in [3.8, 4) is 5.75 Å². The van der Waals surface area contributed by atoms with Crippen LogP contribution >= 0.6 is 0 Å². The van der Waals surface area contributed by atoms with E-state index in [1.54, 1.807) is 12.1 Å². The van der Waals surface area contributed by atoms with E-state index in [0.717, 1.165) is 0 Å². The van der Waals surface area contributed by atoms with Crippen LogP contribution in [-0.2, 0) is 4.99 Å². The molecule has 0 aromatic heterocycles. The van der Waals surface area contributed by atoms with Gasteiger partial charge in [-0.3, -0.25) is 4.99 Å². The molecule has 0 spiro atoms. The molecule has 0 aliphatic rings. The molecule has 11 heavy (non-hydrogen) atoms. The van der Waals surface area contributed by atoms with Crippen molar-refractivity contribution >= 4 is 0 Å². The van der Waals surface area contributed by atoms with Gasteiger partial charge in [-0.2, -0.15) is 0 Å². The first-order chi connectivity index (χ1) is 4.93. The fourth-order valence-electron chi connectivity index (χ4n) is 0.556. The van der Waals surface area contributed by atoms with E-state index in [9.17, 15) is 0 Å². The second-order valence-electron chi connectivity index (χ2n) is 1.65. The maximum atomic E-state index is 4.69. The molecule has 0 aliphatic heterocycles. The summed E-state index contributed by atoms with van der Waals surface area (Å²) in [5, 5.41) is 0. The second-order valence-corrected chi connectivity index (χ2v) is 1.65. The number of para-hydroxylation sites is 1. The Labute approximate surface area is 108 Å². The van der Waals surface area contributed by atoms with Gasteiger partial charge in [0, 0.05) is 0 Å². The average Bonchev–Trinajstić information content (AvgIpc) is 2.03. The molecule has 0 atom stereocenters. The largest absolute Gasteiger partial charge is 1.00 e. The molecule has 1 aromatic carbocycles. The summed E-state index contributed by atoms with van der Waals surface area (Å²) in [6.45, 7) is 0. The summed E-state index contributed by atoms with van der Waals surface area (Å²) in [4.78, 5) is 9.03. The van der Waals surface area contributed by atoms with Gasteiger partial charge in [0.1, 0.15) is 0 Å². The molecule has 0 saturated heterocycles. The van der Waals surface area contributed by atoms with Gasteiger partial charge in [-0.15, -0.1) is 7.05 Å². The predicted octanol–water partition coefficient (Wildman–Crippen LogP) is -1.08. The van der Waals surface area contributed by atoms with Crippen molar-refractivity contribution in [2.24, 2.45) is 0 Å². The molecule has 54 valence electrons. The summed E-state index contributed by atoms with van der Waals surface area (Å²) >= 11 is 0. The Balaban J connectivity index is 0.000001000. The molecule has 0 unspecified atom stereocenters. The van der Waals surface area contributed by atoms with E-state index < -0.39 is 0 Å². The third-order valence-corrected chi connectivity index (χ3v) is 0.951. The minimum Gasteiger partial charge on any atom is -0.491 e. The number of nitrogens with zero attached hydrogens (tertiary/aromatic N) is 1. The smallest absolute Gasteiger partial charge is 0.491 e. The quantitative estimate of drug-likeness (QED) is 0.334. The minimum atomic E-state index is 0. The fourth-order valence-corrected chi connectivity index (χ4v) is 0.556. The van der Waals surface area contributed by atoms with E-state index >= 15 is 0 Å². The first-order valence-electron chi connectivity index (χ1n) is 2.91. The molecule has 1 rings (SSSR count). The van der Waals surface area contributed by atoms with Crippen molar-refractivity contribution < 1.29 is 61.3 Å². The van der Waals surface area contributed by atoms with Crippen molar-refractivity contribution in [1.29, 1.82) is 0 Å². The average molecular weight is 177 g/mol. The van der Waals surface area contributed by atoms with E-state index in [-0.39, 0.29) is 51.4 Å². The summed E-state index contributed by atoms with van der Waals surface area (Å²) < 4.78 is 0. The maximum Gasteiger partial charge on any atom is 1.00 e. The summed E-state index contributed by atoms with van der Waals surface area (Å²) in [7, 11) is 1.50. The van der Waals surface area contributed by atoms with Crippen molar-refractivity contribution in [2.45, 2.75) is 0 Å². The zero-order chi connectivity index (χ0) is 7.23. The molecule has 3 nitrogen and oxygen atoms in total. The van der Waals surface area contributed by atoms with E-state index in [1.807, 2.05) is 18.2 Å². The maximum absolute atomic E-state index is 4.69. The Morgan fingerprint density at radius 1 is 1.18 bits per heavy atom. The van der Waals surface area contributed by atoms with Crippen molar-refractivity contribution in [1.82, 2.24) is 0 Å². The molecule has 0 fully saturated rings. The summed E-state index contributed by atoms with van der Waals surface area (Å²) in [5.74, 6) is 0.646. The topological polar surface area (TPSA) is 32.6 Å². The van der Waals surface area contributed by atoms with Crippen LogP contribution in [0.25, 0.3) is 5.48 Å². The van der Waals surface area contributed by atoms with Crippen LogP contribution in [-0.4, -0.2) is 7.05 Å². The number of hydrogen-bond donors (Lipinski definition) is 0. The summed E-state index contributed by atoms with van der Waals surface area (Å²) in [6, 6.07) is 9.18. The van der Waals surface area contributed by atoms with Gasteiger partial charge in [0.2, 0.25) is 0 Å². The monoisotopic (exact) mass is 177 g/mol. The Bertz CT molecular complexity index is 181. The van der Waals surface area contributed by atoms with Gasteiger partial charge >= 0.3 is 51.4 Å². The first kappa shape index (κ1) is 11.6. The Morgan fingerprint density at radius 3 is 2.36 bits per heavy atom. The Kier molecular flexibility index (Phi) is 7.62. The number of rotatable bonds is 3. The molecule has 4 heteroatoms. The van der Waals surface area contributed by atoms with Crippen molar-refractivity contribution in [3.05, 3.63) is 35.8 Å². The van der Waals surface area contributed by atoms with Gasteiger partial charge in [-0.05, 0) is 12.1 Å². The third kappa shape index (κ3) is 4.92.